The van der Waals surface area contributed by atoms with E-state index >= 15 is 0 Å². The lowest BCUT2D eigenvalue weighted by atomic mass is 10.0. The maximum atomic E-state index is 13.7. The number of nitrogens with zero attached hydrogens (tertiary/aromatic N) is 2. The second-order valence-electron chi connectivity index (χ2n) is 5.42. The predicted octanol–water partition coefficient (Wildman–Crippen LogP) is 1.55. The van der Waals surface area contributed by atoms with E-state index < -0.39 is 6.04 Å². The van der Waals surface area contributed by atoms with E-state index in [2.05, 4.69) is 0 Å². The number of amides is 2. The first kappa shape index (κ1) is 13.1. The Morgan fingerprint density at radius 1 is 1.25 bits per heavy atom. The van der Waals surface area contributed by atoms with Crippen LogP contribution in [-0.4, -0.2) is 40.2 Å². The predicted molar refractivity (Wildman–Crippen MR) is 71.1 cm³/mol. The fourth-order valence-electron chi connectivity index (χ4n) is 3.07. The van der Waals surface area contributed by atoms with Gasteiger partial charge < -0.3 is 9.80 Å². The van der Waals surface area contributed by atoms with Gasteiger partial charge in [0, 0.05) is 18.7 Å². The zero-order valence-electron chi connectivity index (χ0n) is 11.4. The SMILES string of the molecule is CC1C(=O)N2CCCC2C(=O)N1Cc1ccccc1F. The molecule has 1 aromatic rings. The Kier molecular flexibility index (Phi) is 3.20. The van der Waals surface area contributed by atoms with Gasteiger partial charge in [0.05, 0.1) is 0 Å². The van der Waals surface area contributed by atoms with E-state index in [1.807, 2.05) is 0 Å². The Hall–Kier alpha value is -1.91. The maximum Gasteiger partial charge on any atom is 0.246 e. The molecule has 0 aromatic heterocycles. The quantitative estimate of drug-likeness (QED) is 0.822. The van der Waals surface area contributed by atoms with Crippen LogP contribution in [0.3, 0.4) is 0 Å². The maximum absolute atomic E-state index is 13.7. The Morgan fingerprint density at radius 3 is 2.75 bits per heavy atom. The van der Waals surface area contributed by atoms with Crippen LogP contribution in [0.15, 0.2) is 24.3 Å². The minimum absolute atomic E-state index is 0.0246. The smallest absolute Gasteiger partial charge is 0.246 e. The van der Waals surface area contributed by atoms with Gasteiger partial charge in [-0.05, 0) is 25.8 Å². The van der Waals surface area contributed by atoms with Crippen LogP contribution in [0.2, 0.25) is 0 Å². The Labute approximate surface area is 117 Å². The van der Waals surface area contributed by atoms with Crippen LogP contribution in [0.4, 0.5) is 4.39 Å². The summed E-state index contributed by atoms with van der Waals surface area (Å²) in [5, 5.41) is 0. The monoisotopic (exact) mass is 276 g/mol. The summed E-state index contributed by atoms with van der Waals surface area (Å²) in [7, 11) is 0. The second kappa shape index (κ2) is 4.89. The summed E-state index contributed by atoms with van der Waals surface area (Å²) in [5.41, 5.74) is 0.451. The van der Waals surface area contributed by atoms with Gasteiger partial charge in [0.1, 0.15) is 17.9 Å². The summed E-state index contributed by atoms with van der Waals surface area (Å²) >= 11 is 0. The van der Waals surface area contributed by atoms with Gasteiger partial charge in [-0.15, -0.1) is 0 Å². The van der Waals surface area contributed by atoms with Gasteiger partial charge in [-0.25, -0.2) is 4.39 Å². The number of carbonyl (C=O) groups is 2. The van der Waals surface area contributed by atoms with E-state index in [0.717, 1.165) is 6.42 Å². The molecule has 2 aliphatic rings. The normalized spacial score (nSPS) is 26.1. The van der Waals surface area contributed by atoms with Gasteiger partial charge in [-0.3, -0.25) is 9.59 Å². The van der Waals surface area contributed by atoms with Gasteiger partial charge in [0.15, 0.2) is 0 Å². The number of carbonyl (C=O) groups excluding carboxylic acids is 2. The third-order valence-corrected chi connectivity index (χ3v) is 4.23. The molecule has 1 aromatic carbocycles. The molecule has 5 heteroatoms. The van der Waals surface area contributed by atoms with Crippen molar-refractivity contribution in [1.29, 1.82) is 0 Å². The Bertz CT molecular complexity index is 561. The summed E-state index contributed by atoms with van der Waals surface area (Å²) in [6.45, 7) is 2.53. The number of fused-ring (bicyclic) bond motifs is 1. The zero-order valence-corrected chi connectivity index (χ0v) is 11.4. The molecule has 0 saturated carbocycles. The van der Waals surface area contributed by atoms with E-state index in [9.17, 15) is 14.0 Å². The standard InChI is InChI=1S/C15H17FN2O2/c1-10-14(19)17-8-4-7-13(17)15(20)18(10)9-11-5-2-3-6-12(11)16/h2-3,5-6,10,13H,4,7-9H2,1H3. The van der Waals surface area contributed by atoms with E-state index in [4.69, 9.17) is 0 Å². The molecule has 2 aliphatic heterocycles. The summed E-state index contributed by atoms with van der Waals surface area (Å²) in [6.07, 6.45) is 1.58. The molecule has 4 nitrogen and oxygen atoms in total. The van der Waals surface area contributed by atoms with Crippen molar-refractivity contribution in [3.8, 4) is 0 Å². The summed E-state index contributed by atoms with van der Waals surface area (Å²) < 4.78 is 13.7. The first-order valence-corrected chi connectivity index (χ1v) is 6.94. The minimum Gasteiger partial charge on any atom is -0.329 e. The number of benzene rings is 1. The van der Waals surface area contributed by atoms with E-state index in [0.29, 0.717) is 18.5 Å². The van der Waals surface area contributed by atoms with Crippen molar-refractivity contribution in [3.05, 3.63) is 35.6 Å². The molecular weight excluding hydrogens is 259 g/mol. The van der Waals surface area contributed by atoms with Gasteiger partial charge in [-0.1, -0.05) is 18.2 Å². The molecule has 2 amide bonds. The van der Waals surface area contributed by atoms with Crippen LogP contribution in [0.5, 0.6) is 0 Å². The van der Waals surface area contributed by atoms with Gasteiger partial charge >= 0.3 is 0 Å². The molecule has 2 saturated heterocycles. The van der Waals surface area contributed by atoms with Crippen molar-refractivity contribution in [2.45, 2.75) is 38.4 Å². The molecule has 0 aliphatic carbocycles. The highest BCUT2D eigenvalue weighted by molar-refractivity contribution is 5.97. The average molecular weight is 276 g/mol. The van der Waals surface area contributed by atoms with Crippen molar-refractivity contribution in [1.82, 2.24) is 9.80 Å². The molecule has 3 rings (SSSR count). The van der Waals surface area contributed by atoms with Crippen molar-refractivity contribution >= 4 is 11.8 Å². The molecule has 0 radical (unpaired) electrons. The van der Waals surface area contributed by atoms with E-state index in [-0.39, 0.29) is 30.2 Å². The highest BCUT2D eigenvalue weighted by Gasteiger charge is 2.45. The number of rotatable bonds is 2. The van der Waals surface area contributed by atoms with E-state index in [1.165, 1.54) is 11.0 Å². The molecular formula is C15H17FN2O2. The third-order valence-electron chi connectivity index (χ3n) is 4.23. The second-order valence-corrected chi connectivity index (χ2v) is 5.42. The molecule has 2 heterocycles. The molecule has 0 bridgehead atoms. The molecule has 20 heavy (non-hydrogen) atoms. The summed E-state index contributed by atoms with van der Waals surface area (Å²) in [5.74, 6) is -0.421. The van der Waals surface area contributed by atoms with Crippen LogP contribution in [0, 0.1) is 5.82 Å². The lowest BCUT2D eigenvalue weighted by Gasteiger charge is -2.41. The van der Waals surface area contributed by atoms with Crippen molar-refractivity contribution < 1.29 is 14.0 Å². The van der Waals surface area contributed by atoms with Crippen molar-refractivity contribution in [2.24, 2.45) is 0 Å². The van der Waals surface area contributed by atoms with Gasteiger partial charge in [0.2, 0.25) is 11.8 Å². The van der Waals surface area contributed by atoms with Gasteiger partial charge in [-0.2, -0.15) is 0 Å². The number of hydrogen-bond acceptors (Lipinski definition) is 2. The molecule has 2 fully saturated rings. The van der Waals surface area contributed by atoms with Crippen LogP contribution in [0.25, 0.3) is 0 Å². The first-order valence-electron chi connectivity index (χ1n) is 6.94. The van der Waals surface area contributed by atoms with Crippen LogP contribution in [-0.2, 0) is 16.1 Å². The van der Waals surface area contributed by atoms with Crippen molar-refractivity contribution in [2.75, 3.05) is 6.54 Å². The summed E-state index contributed by atoms with van der Waals surface area (Å²) in [6, 6.07) is 5.52. The first-order chi connectivity index (χ1) is 9.59. The molecule has 2 atom stereocenters. The van der Waals surface area contributed by atoms with Crippen LogP contribution < -0.4 is 0 Å². The summed E-state index contributed by atoms with van der Waals surface area (Å²) in [4.78, 5) is 27.9. The number of piperazine rings is 1. The van der Waals surface area contributed by atoms with Crippen molar-refractivity contribution in [3.63, 3.8) is 0 Å². The molecule has 0 N–H and O–H groups in total. The lowest BCUT2D eigenvalue weighted by Crippen LogP contribution is -2.61. The van der Waals surface area contributed by atoms with Gasteiger partial charge in [0.25, 0.3) is 0 Å². The van der Waals surface area contributed by atoms with E-state index in [1.54, 1.807) is 30.0 Å². The Morgan fingerprint density at radius 2 is 2.00 bits per heavy atom. The number of halogens is 1. The zero-order chi connectivity index (χ0) is 14.3. The largest absolute Gasteiger partial charge is 0.329 e. The highest BCUT2D eigenvalue weighted by atomic mass is 19.1. The number of hydrogen-bond donors (Lipinski definition) is 0. The highest BCUT2D eigenvalue weighted by Crippen LogP contribution is 2.28. The molecule has 0 spiro atoms. The Balaban J connectivity index is 1.87. The average Bonchev–Trinajstić information content (AvgIpc) is 2.93. The third kappa shape index (κ3) is 1.97. The minimum atomic E-state index is -0.517. The fraction of sp³-hybridized carbons (Fsp3) is 0.467. The molecule has 2 unspecified atom stereocenters. The van der Waals surface area contributed by atoms with Crippen LogP contribution >= 0.6 is 0 Å². The fourth-order valence-corrected chi connectivity index (χ4v) is 3.07. The topological polar surface area (TPSA) is 40.6 Å². The molecule has 106 valence electrons. The van der Waals surface area contributed by atoms with Crippen LogP contribution in [0.1, 0.15) is 25.3 Å². The lowest BCUT2D eigenvalue weighted by molar-refractivity contribution is -0.159.